The number of hydrogen-bond donors (Lipinski definition) is 0. The van der Waals surface area contributed by atoms with Crippen LogP contribution in [0, 0.1) is 13.8 Å². The second-order valence-electron chi connectivity index (χ2n) is 9.44. The standard InChI is InChI=1S/C25H38N6O/c1-20(2)31-24(9-10-26-31)30-21(3)19-23(22(30)4)7-8-25(32)29-17-15-28(16-18-29)14-13-27-11-5-6-12-27/h7-10,19-20H,5-6,11-18H2,1-4H3. The second kappa shape index (κ2) is 10.0. The molecule has 2 aromatic rings. The Labute approximate surface area is 192 Å². The summed E-state index contributed by atoms with van der Waals surface area (Å²) in [4.78, 5) is 19.9. The highest BCUT2D eigenvalue weighted by molar-refractivity contribution is 5.92. The molecule has 4 heterocycles. The number of carbonyl (C=O) groups is 1. The van der Waals surface area contributed by atoms with Gasteiger partial charge in [-0.1, -0.05) is 0 Å². The molecule has 2 aliphatic rings. The van der Waals surface area contributed by atoms with Crippen LogP contribution in [0.3, 0.4) is 0 Å². The van der Waals surface area contributed by atoms with Crippen LogP contribution in [0.1, 0.15) is 49.7 Å². The molecule has 2 aliphatic heterocycles. The molecule has 0 aliphatic carbocycles. The van der Waals surface area contributed by atoms with E-state index in [-0.39, 0.29) is 11.9 Å². The molecule has 0 saturated carbocycles. The molecule has 0 N–H and O–H groups in total. The van der Waals surface area contributed by atoms with Crippen molar-refractivity contribution in [2.45, 2.75) is 46.6 Å². The lowest BCUT2D eigenvalue weighted by Gasteiger charge is -2.35. The fourth-order valence-electron chi connectivity index (χ4n) is 4.94. The molecular formula is C25H38N6O. The van der Waals surface area contributed by atoms with Gasteiger partial charge < -0.3 is 14.4 Å². The van der Waals surface area contributed by atoms with Crippen molar-refractivity contribution in [3.05, 3.63) is 41.4 Å². The lowest BCUT2D eigenvalue weighted by molar-refractivity contribution is -0.127. The van der Waals surface area contributed by atoms with Crippen molar-refractivity contribution in [1.29, 1.82) is 0 Å². The maximum absolute atomic E-state index is 12.8. The molecule has 0 bridgehead atoms. The molecule has 7 heteroatoms. The van der Waals surface area contributed by atoms with Gasteiger partial charge in [0.05, 0.1) is 6.20 Å². The van der Waals surface area contributed by atoms with Crippen LogP contribution in [0.15, 0.2) is 24.4 Å². The highest BCUT2D eigenvalue weighted by Gasteiger charge is 2.21. The molecule has 0 aromatic carbocycles. The summed E-state index contributed by atoms with van der Waals surface area (Å²) in [6.45, 7) is 16.9. The Balaban J connectivity index is 1.34. The van der Waals surface area contributed by atoms with E-state index in [0.717, 1.165) is 55.5 Å². The molecule has 2 fully saturated rings. The molecule has 174 valence electrons. The maximum atomic E-state index is 12.8. The van der Waals surface area contributed by atoms with E-state index in [1.165, 1.54) is 32.5 Å². The molecule has 4 rings (SSSR count). The van der Waals surface area contributed by atoms with Gasteiger partial charge in [0.25, 0.3) is 0 Å². The summed E-state index contributed by atoms with van der Waals surface area (Å²) >= 11 is 0. The van der Waals surface area contributed by atoms with Crippen molar-refractivity contribution in [1.82, 2.24) is 29.0 Å². The van der Waals surface area contributed by atoms with Crippen LogP contribution >= 0.6 is 0 Å². The molecule has 1 amide bonds. The quantitative estimate of drug-likeness (QED) is 0.624. The molecule has 32 heavy (non-hydrogen) atoms. The van der Waals surface area contributed by atoms with Gasteiger partial charge in [-0.05, 0) is 71.3 Å². The number of likely N-dealkylation sites (tertiary alicyclic amines) is 1. The normalized spacial score (nSPS) is 18.5. The first-order valence-corrected chi connectivity index (χ1v) is 12.1. The van der Waals surface area contributed by atoms with Gasteiger partial charge in [-0.2, -0.15) is 5.10 Å². The van der Waals surface area contributed by atoms with Gasteiger partial charge in [0.15, 0.2) is 0 Å². The van der Waals surface area contributed by atoms with Crippen LogP contribution in [-0.2, 0) is 4.79 Å². The summed E-state index contributed by atoms with van der Waals surface area (Å²) in [6, 6.07) is 4.48. The fraction of sp³-hybridized carbons (Fsp3) is 0.600. The molecule has 0 radical (unpaired) electrons. The van der Waals surface area contributed by atoms with Gasteiger partial charge >= 0.3 is 0 Å². The molecule has 0 atom stereocenters. The predicted molar refractivity (Wildman–Crippen MR) is 129 cm³/mol. The molecule has 2 aromatic heterocycles. The third kappa shape index (κ3) is 4.99. The third-order valence-electron chi connectivity index (χ3n) is 6.86. The summed E-state index contributed by atoms with van der Waals surface area (Å²) in [7, 11) is 0. The van der Waals surface area contributed by atoms with E-state index in [2.05, 4.69) is 53.2 Å². The number of amides is 1. The number of aromatic nitrogens is 3. The van der Waals surface area contributed by atoms with Crippen LogP contribution in [-0.4, -0.2) is 87.3 Å². The summed E-state index contributed by atoms with van der Waals surface area (Å²) in [5.41, 5.74) is 3.35. The number of carbonyl (C=O) groups excluding carboxylic acids is 1. The minimum absolute atomic E-state index is 0.112. The van der Waals surface area contributed by atoms with Crippen molar-refractivity contribution in [2.24, 2.45) is 0 Å². The summed E-state index contributed by atoms with van der Waals surface area (Å²) in [6.07, 6.45) is 8.25. The number of hydrogen-bond acceptors (Lipinski definition) is 4. The van der Waals surface area contributed by atoms with Gasteiger partial charge in [0.1, 0.15) is 5.82 Å². The van der Waals surface area contributed by atoms with Crippen LogP contribution in [0.4, 0.5) is 0 Å². The summed E-state index contributed by atoms with van der Waals surface area (Å²) < 4.78 is 4.25. The molecule has 2 saturated heterocycles. The lowest BCUT2D eigenvalue weighted by Crippen LogP contribution is -2.49. The minimum atomic E-state index is 0.112. The Bertz CT molecular complexity index is 942. The highest BCUT2D eigenvalue weighted by atomic mass is 16.2. The average molecular weight is 439 g/mol. The fourth-order valence-corrected chi connectivity index (χ4v) is 4.94. The number of rotatable bonds is 7. The number of aryl methyl sites for hydroxylation is 1. The van der Waals surface area contributed by atoms with E-state index in [1.54, 1.807) is 6.08 Å². The van der Waals surface area contributed by atoms with Gasteiger partial charge in [-0.25, -0.2) is 4.68 Å². The van der Waals surface area contributed by atoms with Crippen LogP contribution in [0.5, 0.6) is 0 Å². The number of piperazine rings is 1. The van der Waals surface area contributed by atoms with E-state index in [9.17, 15) is 4.79 Å². The van der Waals surface area contributed by atoms with E-state index in [4.69, 9.17) is 0 Å². The SMILES string of the molecule is Cc1cc(C=CC(=O)N2CCN(CCN3CCCC3)CC2)c(C)n1-c1ccnn1C(C)C. The maximum Gasteiger partial charge on any atom is 0.246 e. The Morgan fingerprint density at radius 2 is 1.69 bits per heavy atom. The zero-order valence-corrected chi connectivity index (χ0v) is 20.1. The zero-order chi connectivity index (χ0) is 22.7. The van der Waals surface area contributed by atoms with Crippen LogP contribution in [0.25, 0.3) is 11.9 Å². The van der Waals surface area contributed by atoms with Crippen molar-refractivity contribution < 1.29 is 4.79 Å². The first-order chi connectivity index (χ1) is 15.4. The van der Waals surface area contributed by atoms with Crippen molar-refractivity contribution in [3.63, 3.8) is 0 Å². The summed E-state index contributed by atoms with van der Waals surface area (Å²) in [5, 5.41) is 4.47. The van der Waals surface area contributed by atoms with Gasteiger partial charge in [-0.3, -0.25) is 9.69 Å². The first kappa shape index (κ1) is 22.8. The summed E-state index contributed by atoms with van der Waals surface area (Å²) in [5.74, 6) is 1.17. The molecular weight excluding hydrogens is 400 g/mol. The van der Waals surface area contributed by atoms with E-state index < -0.39 is 0 Å². The average Bonchev–Trinajstić information content (AvgIpc) is 3.52. The van der Waals surface area contributed by atoms with Gasteiger partial charge in [-0.15, -0.1) is 0 Å². The van der Waals surface area contributed by atoms with Crippen LogP contribution < -0.4 is 0 Å². The minimum Gasteiger partial charge on any atom is -0.337 e. The smallest absolute Gasteiger partial charge is 0.246 e. The Kier molecular flexibility index (Phi) is 7.16. The van der Waals surface area contributed by atoms with Crippen molar-refractivity contribution in [3.8, 4) is 5.82 Å². The van der Waals surface area contributed by atoms with E-state index in [0.29, 0.717) is 0 Å². The molecule has 7 nitrogen and oxygen atoms in total. The van der Waals surface area contributed by atoms with Crippen molar-refractivity contribution in [2.75, 3.05) is 52.4 Å². The second-order valence-corrected chi connectivity index (χ2v) is 9.44. The topological polar surface area (TPSA) is 49.5 Å². The zero-order valence-electron chi connectivity index (χ0n) is 20.1. The van der Waals surface area contributed by atoms with Gasteiger partial charge in [0.2, 0.25) is 5.91 Å². The van der Waals surface area contributed by atoms with E-state index in [1.807, 2.05) is 27.9 Å². The first-order valence-electron chi connectivity index (χ1n) is 12.1. The van der Waals surface area contributed by atoms with Gasteiger partial charge in [0, 0.05) is 68.8 Å². The number of nitrogens with zero attached hydrogens (tertiary/aromatic N) is 6. The monoisotopic (exact) mass is 438 g/mol. The Morgan fingerprint density at radius 1 is 1.03 bits per heavy atom. The lowest BCUT2D eigenvalue weighted by atomic mass is 10.2. The largest absolute Gasteiger partial charge is 0.337 e. The van der Waals surface area contributed by atoms with Crippen LogP contribution in [0.2, 0.25) is 0 Å². The van der Waals surface area contributed by atoms with E-state index >= 15 is 0 Å². The predicted octanol–water partition coefficient (Wildman–Crippen LogP) is 3.12. The van der Waals surface area contributed by atoms with Crippen molar-refractivity contribution >= 4 is 12.0 Å². The highest BCUT2D eigenvalue weighted by Crippen LogP contribution is 2.23. The Hall–Kier alpha value is -2.38. The molecule has 0 spiro atoms. The Morgan fingerprint density at radius 3 is 2.34 bits per heavy atom. The molecule has 0 unspecified atom stereocenters. The third-order valence-corrected chi connectivity index (χ3v) is 6.86.